The largest absolute Gasteiger partial charge is 0.387 e. The molecule has 1 aromatic rings. The summed E-state index contributed by atoms with van der Waals surface area (Å²) >= 11 is 0. The van der Waals surface area contributed by atoms with Crippen LogP contribution in [0.3, 0.4) is 0 Å². The lowest BCUT2D eigenvalue weighted by Gasteiger charge is -2.37. The summed E-state index contributed by atoms with van der Waals surface area (Å²) in [6.45, 7) is 9.08. The highest BCUT2D eigenvalue weighted by Crippen LogP contribution is 2.23. The Morgan fingerprint density at radius 2 is 2.10 bits per heavy atom. The number of methoxy groups -OCH3 is 1. The monoisotopic (exact) mass is 277 g/mol. The van der Waals surface area contributed by atoms with Gasteiger partial charge in [0.25, 0.3) is 0 Å². The summed E-state index contributed by atoms with van der Waals surface area (Å²) in [5.41, 5.74) is 3.52. The van der Waals surface area contributed by atoms with E-state index in [-0.39, 0.29) is 6.10 Å². The second-order valence-corrected chi connectivity index (χ2v) is 6.16. The third kappa shape index (κ3) is 3.60. The van der Waals surface area contributed by atoms with E-state index in [1.165, 1.54) is 11.1 Å². The van der Waals surface area contributed by atoms with Gasteiger partial charge in [-0.1, -0.05) is 25.1 Å². The van der Waals surface area contributed by atoms with Crippen LogP contribution in [-0.2, 0) is 4.74 Å². The lowest BCUT2D eigenvalue weighted by molar-refractivity contribution is -0.0180. The maximum atomic E-state index is 10.4. The Morgan fingerprint density at radius 3 is 2.75 bits per heavy atom. The van der Waals surface area contributed by atoms with Gasteiger partial charge in [0.05, 0.1) is 12.2 Å². The summed E-state index contributed by atoms with van der Waals surface area (Å²) in [5.74, 6) is 0.606. The number of ether oxygens (including phenoxy) is 1. The van der Waals surface area contributed by atoms with E-state index in [2.05, 4.69) is 37.8 Å². The quantitative estimate of drug-likeness (QED) is 0.918. The number of hydrogen-bond acceptors (Lipinski definition) is 3. The van der Waals surface area contributed by atoms with Crippen molar-refractivity contribution in [1.82, 2.24) is 4.90 Å². The zero-order valence-electron chi connectivity index (χ0n) is 13.1. The van der Waals surface area contributed by atoms with Crippen molar-refractivity contribution in [2.45, 2.75) is 39.4 Å². The van der Waals surface area contributed by atoms with Crippen molar-refractivity contribution in [3.63, 3.8) is 0 Å². The molecule has 3 atom stereocenters. The predicted octanol–water partition coefficient (Wildman–Crippen LogP) is 2.69. The lowest BCUT2D eigenvalue weighted by Crippen LogP contribution is -2.45. The van der Waals surface area contributed by atoms with Crippen LogP contribution >= 0.6 is 0 Å². The van der Waals surface area contributed by atoms with Crippen LogP contribution in [0.1, 0.15) is 36.1 Å². The first-order valence-corrected chi connectivity index (χ1v) is 7.51. The minimum atomic E-state index is -0.416. The fraction of sp³-hybridized carbons (Fsp3) is 0.647. The second-order valence-electron chi connectivity index (χ2n) is 6.16. The Morgan fingerprint density at radius 1 is 1.35 bits per heavy atom. The van der Waals surface area contributed by atoms with Gasteiger partial charge < -0.3 is 9.84 Å². The first-order valence-electron chi connectivity index (χ1n) is 7.51. The molecule has 1 heterocycles. The number of aliphatic hydroxyl groups is 1. The number of piperidine rings is 1. The number of rotatable bonds is 4. The number of benzene rings is 1. The maximum Gasteiger partial charge on any atom is 0.0917 e. The van der Waals surface area contributed by atoms with Gasteiger partial charge in [-0.3, -0.25) is 4.90 Å². The van der Waals surface area contributed by atoms with E-state index in [0.29, 0.717) is 12.5 Å². The smallest absolute Gasteiger partial charge is 0.0917 e. The highest BCUT2D eigenvalue weighted by molar-refractivity contribution is 5.31. The van der Waals surface area contributed by atoms with Crippen molar-refractivity contribution >= 4 is 0 Å². The standard InChI is InChI=1S/C17H27NO2/c1-12-5-6-15(9-14(12)3)16(19)10-18-8-7-13(2)17(11-18)20-4/h5-6,9,13,16-17,19H,7-8,10-11H2,1-4H3. The van der Waals surface area contributed by atoms with Crippen LogP contribution in [0.15, 0.2) is 18.2 Å². The van der Waals surface area contributed by atoms with Gasteiger partial charge >= 0.3 is 0 Å². The number of nitrogens with zero attached hydrogens (tertiary/aromatic N) is 1. The Bertz CT molecular complexity index is 447. The molecule has 3 unspecified atom stereocenters. The van der Waals surface area contributed by atoms with Crippen molar-refractivity contribution in [3.8, 4) is 0 Å². The van der Waals surface area contributed by atoms with Crippen LogP contribution in [0.2, 0.25) is 0 Å². The molecule has 1 aliphatic rings. The van der Waals surface area contributed by atoms with Crippen LogP contribution in [0.25, 0.3) is 0 Å². The molecule has 112 valence electrons. The first kappa shape index (κ1) is 15.5. The van der Waals surface area contributed by atoms with E-state index in [0.717, 1.165) is 25.1 Å². The van der Waals surface area contributed by atoms with E-state index >= 15 is 0 Å². The molecule has 2 rings (SSSR count). The van der Waals surface area contributed by atoms with E-state index in [1.54, 1.807) is 7.11 Å². The molecule has 3 nitrogen and oxygen atoms in total. The first-order chi connectivity index (χ1) is 9.51. The van der Waals surface area contributed by atoms with Crippen molar-refractivity contribution in [1.29, 1.82) is 0 Å². The normalized spacial score (nSPS) is 25.6. The van der Waals surface area contributed by atoms with E-state index in [1.807, 2.05) is 6.07 Å². The number of hydrogen-bond donors (Lipinski definition) is 1. The van der Waals surface area contributed by atoms with Crippen molar-refractivity contribution < 1.29 is 9.84 Å². The molecular formula is C17H27NO2. The van der Waals surface area contributed by atoms with Crippen LogP contribution in [0, 0.1) is 19.8 Å². The van der Waals surface area contributed by atoms with Crippen LogP contribution in [0.5, 0.6) is 0 Å². The zero-order chi connectivity index (χ0) is 14.7. The van der Waals surface area contributed by atoms with Gasteiger partial charge in [0, 0.05) is 20.2 Å². The van der Waals surface area contributed by atoms with Crippen molar-refractivity contribution in [3.05, 3.63) is 34.9 Å². The van der Waals surface area contributed by atoms with Gasteiger partial charge in [-0.15, -0.1) is 0 Å². The summed E-state index contributed by atoms with van der Waals surface area (Å²) < 4.78 is 5.53. The third-order valence-corrected chi connectivity index (χ3v) is 4.62. The fourth-order valence-electron chi connectivity index (χ4n) is 2.89. The van der Waals surface area contributed by atoms with E-state index in [9.17, 15) is 5.11 Å². The Hall–Kier alpha value is -0.900. The van der Waals surface area contributed by atoms with Gasteiger partial charge in [0.15, 0.2) is 0 Å². The maximum absolute atomic E-state index is 10.4. The van der Waals surface area contributed by atoms with Gasteiger partial charge in [-0.25, -0.2) is 0 Å². The van der Waals surface area contributed by atoms with Crippen LogP contribution < -0.4 is 0 Å². The molecule has 0 bridgehead atoms. The average Bonchev–Trinajstić information content (AvgIpc) is 2.43. The van der Waals surface area contributed by atoms with Gasteiger partial charge in [-0.05, 0) is 49.4 Å². The van der Waals surface area contributed by atoms with E-state index < -0.39 is 6.10 Å². The highest BCUT2D eigenvalue weighted by Gasteiger charge is 2.27. The van der Waals surface area contributed by atoms with Gasteiger partial charge in [0.1, 0.15) is 0 Å². The molecule has 1 aromatic carbocycles. The van der Waals surface area contributed by atoms with Crippen molar-refractivity contribution in [2.75, 3.05) is 26.7 Å². The van der Waals surface area contributed by atoms with E-state index in [4.69, 9.17) is 4.74 Å². The molecule has 1 fully saturated rings. The second kappa shape index (κ2) is 6.70. The average molecular weight is 277 g/mol. The van der Waals surface area contributed by atoms with Crippen LogP contribution in [0.4, 0.5) is 0 Å². The Kier molecular flexibility index (Phi) is 5.19. The summed E-state index contributed by atoms with van der Waals surface area (Å²) in [6.07, 6.45) is 1.01. The molecule has 3 heteroatoms. The summed E-state index contributed by atoms with van der Waals surface area (Å²) in [6, 6.07) is 6.22. The minimum absolute atomic E-state index is 0.288. The molecule has 0 aliphatic carbocycles. The number of likely N-dealkylation sites (tertiary alicyclic amines) is 1. The Labute approximate surface area is 122 Å². The topological polar surface area (TPSA) is 32.7 Å². The number of aliphatic hydroxyl groups excluding tert-OH is 1. The molecule has 0 radical (unpaired) electrons. The Balaban J connectivity index is 1.97. The van der Waals surface area contributed by atoms with Crippen LogP contribution in [-0.4, -0.2) is 42.9 Å². The summed E-state index contributed by atoms with van der Waals surface area (Å²) in [7, 11) is 1.78. The molecule has 1 saturated heterocycles. The molecule has 20 heavy (non-hydrogen) atoms. The molecule has 1 aliphatic heterocycles. The summed E-state index contributed by atoms with van der Waals surface area (Å²) in [5, 5.41) is 10.4. The molecule has 1 N–H and O–H groups in total. The third-order valence-electron chi connectivity index (χ3n) is 4.62. The SMILES string of the molecule is COC1CN(CC(O)c2ccc(C)c(C)c2)CCC1C. The fourth-order valence-corrected chi connectivity index (χ4v) is 2.89. The number of aryl methyl sites for hydroxylation is 2. The lowest BCUT2D eigenvalue weighted by atomic mass is 9.95. The molecule has 0 amide bonds. The van der Waals surface area contributed by atoms with Gasteiger partial charge in [-0.2, -0.15) is 0 Å². The number of β-amino-alcohol motifs (C(OH)–C–C–N with tert-alkyl or cyclic N) is 1. The van der Waals surface area contributed by atoms with Crippen molar-refractivity contribution in [2.24, 2.45) is 5.92 Å². The molecule has 0 aromatic heterocycles. The predicted molar refractivity (Wildman–Crippen MR) is 81.9 cm³/mol. The van der Waals surface area contributed by atoms with Gasteiger partial charge in [0.2, 0.25) is 0 Å². The minimum Gasteiger partial charge on any atom is -0.387 e. The highest BCUT2D eigenvalue weighted by atomic mass is 16.5. The molecule has 0 saturated carbocycles. The zero-order valence-corrected chi connectivity index (χ0v) is 13.1. The molecular weight excluding hydrogens is 250 g/mol. The molecule has 0 spiro atoms. The summed E-state index contributed by atoms with van der Waals surface area (Å²) in [4.78, 5) is 2.31.